The third-order valence-corrected chi connectivity index (χ3v) is 5.61. The summed E-state index contributed by atoms with van der Waals surface area (Å²) in [4.78, 5) is 5.88. The third-order valence-electron chi connectivity index (χ3n) is 4.44. The van der Waals surface area contributed by atoms with E-state index in [1.54, 1.807) is 17.0 Å². The fourth-order valence-electron chi connectivity index (χ4n) is 3.14. The van der Waals surface area contributed by atoms with Crippen LogP contribution >= 0.6 is 10.9 Å². The van der Waals surface area contributed by atoms with Crippen LogP contribution in [0.3, 0.4) is 0 Å². The molecule has 0 aromatic heterocycles. The molecule has 0 spiro atoms. The number of para-hydroxylation sites is 1. The molecular formula is C17H24FN3S. The number of hydrogen-bond acceptors (Lipinski definition) is 1. The van der Waals surface area contributed by atoms with Crippen molar-refractivity contribution >= 4 is 26.6 Å². The number of rotatable bonds is 1. The predicted octanol–water partition coefficient (Wildman–Crippen LogP) is 2.86. The first-order valence-electron chi connectivity index (χ1n) is 8.13. The molecule has 3 nitrogen and oxygen atoms in total. The summed E-state index contributed by atoms with van der Waals surface area (Å²) in [6, 6.07) is 7.00. The van der Waals surface area contributed by atoms with Gasteiger partial charge in [-0.2, -0.15) is 0 Å². The van der Waals surface area contributed by atoms with Gasteiger partial charge in [0.05, 0.1) is 5.69 Å². The minimum atomic E-state index is -0.139. The first-order valence-corrected chi connectivity index (χ1v) is 8.95. The Balaban J connectivity index is 1.64. The van der Waals surface area contributed by atoms with E-state index in [-0.39, 0.29) is 5.82 Å². The molecule has 1 aliphatic carbocycles. The maximum atomic E-state index is 13.8. The fraction of sp³-hybridized carbons (Fsp3) is 0.529. The lowest BCUT2D eigenvalue weighted by atomic mass is 10.0. The van der Waals surface area contributed by atoms with E-state index in [0.717, 1.165) is 31.3 Å². The minimum Gasteiger partial charge on any atom is -0.367 e. The third kappa shape index (κ3) is 3.77. The Kier molecular flexibility index (Phi) is 5.28. The first kappa shape index (κ1) is 15.7. The average Bonchev–Trinajstić information content (AvgIpc) is 2.56. The molecule has 5 heteroatoms. The minimum absolute atomic E-state index is 0.139. The summed E-state index contributed by atoms with van der Waals surface area (Å²) in [5, 5.41) is 0.921. The molecule has 0 bridgehead atoms. The van der Waals surface area contributed by atoms with E-state index in [2.05, 4.69) is 9.80 Å². The van der Waals surface area contributed by atoms with E-state index < -0.39 is 0 Å². The summed E-state index contributed by atoms with van der Waals surface area (Å²) in [7, 11) is 1.77. The largest absolute Gasteiger partial charge is 0.367 e. The summed E-state index contributed by atoms with van der Waals surface area (Å²) in [5.41, 5.74) is 6.99. The van der Waals surface area contributed by atoms with Gasteiger partial charge in [-0.05, 0) is 42.7 Å². The molecule has 1 saturated heterocycles. The van der Waals surface area contributed by atoms with Crippen LogP contribution in [-0.4, -0.2) is 41.1 Å². The van der Waals surface area contributed by atoms with E-state index >= 15 is 0 Å². The van der Waals surface area contributed by atoms with Crippen molar-refractivity contribution in [2.75, 3.05) is 31.1 Å². The molecule has 2 aliphatic rings. The van der Waals surface area contributed by atoms with E-state index in [9.17, 15) is 4.39 Å². The van der Waals surface area contributed by atoms with Gasteiger partial charge in [0.1, 0.15) is 10.9 Å². The van der Waals surface area contributed by atoms with Gasteiger partial charge in [-0.3, -0.25) is 10.6 Å². The second-order valence-electron chi connectivity index (χ2n) is 5.97. The van der Waals surface area contributed by atoms with Gasteiger partial charge in [-0.25, -0.2) is 4.39 Å². The first-order chi connectivity index (χ1) is 10.7. The van der Waals surface area contributed by atoms with Crippen molar-refractivity contribution in [3.8, 4) is 0 Å². The Morgan fingerprint density at radius 1 is 1.00 bits per heavy atom. The zero-order valence-electron chi connectivity index (χ0n) is 12.9. The van der Waals surface area contributed by atoms with Gasteiger partial charge in [-0.15, -0.1) is 10.9 Å². The molecule has 0 atom stereocenters. The highest BCUT2D eigenvalue weighted by Crippen LogP contribution is 2.20. The Hall–Kier alpha value is -1.17. The molecule has 1 heterocycles. The number of nitrogens with two attached hydrogens (primary N) is 1. The predicted molar refractivity (Wildman–Crippen MR) is 95.1 cm³/mol. The van der Waals surface area contributed by atoms with Crippen LogP contribution in [0.2, 0.25) is 0 Å². The Morgan fingerprint density at radius 3 is 2.36 bits per heavy atom. The molecule has 0 unspecified atom stereocenters. The number of piperazine rings is 1. The van der Waals surface area contributed by atoms with E-state index in [4.69, 9.17) is 5.73 Å². The molecule has 22 heavy (non-hydrogen) atoms. The summed E-state index contributed by atoms with van der Waals surface area (Å²) in [5.74, 6) is -0.139. The van der Waals surface area contributed by atoms with Crippen molar-refractivity contribution in [3.05, 3.63) is 30.1 Å². The smallest absolute Gasteiger partial charge is 0.146 e. The number of halogens is 1. The average molecular weight is 321 g/mol. The lowest BCUT2D eigenvalue weighted by Crippen LogP contribution is -2.50. The van der Waals surface area contributed by atoms with Crippen LogP contribution in [0, 0.1) is 5.82 Å². The van der Waals surface area contributed by atoms with Crippen molar-refractivity contribution in [1.29, 1.82) is 0 Å². The van der Waals surface area contributed by atoms with Gasteiger partial charge in [0.2, 0.25) is 0 Å². The van der Waals surface area contributed by atoms with Crippen molar-refractivity contribution in [1.82, 2.24) is 4.90 Å². The lowest BCUT2D eigenvalue weighted by Gasteiger charge is -2.35. The lowest BCUT2D eigenvalue weighted by molar-refractivity contribution is 0.386. The number of hydrogen-bond donors (Lipinski definition) is 1. The monoisotopic (exact) mass is 321 g/mol. The molecule has 0 amide bonds. The molecule has 3 rings (SSSR count). The summed E-state index contributed by atoms with van der Waals surface area (Å²) >= 11 is 0. The quantitative estimate of drug-likeness (QED) is 0.807. The van der Waals surface area contributed by atoms with Gasteiger partial charge in [0.15, 0.2) is 0 Å². The summed E-state index contributed by atoms with van der Waals surface area (Å²) in [6.07, 6.45) is 6.37. The normalized spacial score (nSPS) is 20.1. The van der Waals surface area contributed by atoms with Gasteiger partial charge >= 0.3 is 0 Å². The summed E-state index contributed by atoms with van der Waals surface area (Å²) < 4.78 is 13.8. The van der Waals surface area contributed by atoms with Gasteiger partial charge in [-0.1, -0.05) is 18.6 Å². The van der Waals surface area contributed by atoms with Crippen LogP contribution in [0.25, 0.3) is 0 Å². The molecule has 1 saturated carbocycles. The van der Waals surface area contributed by atoms with Crippen LogP contribution in [0.1, 0.15) is 32.1 Å². The van der Waals surface area contributed by atoms with Crippen molar-refractivity contribution in [3.63, 3.8) is 0 Å². The fourth-order valence-corrected chi connectivity index (χ4v) is 4.24. The number of anilines is 1. The van der Waals surface area contributed by atoms with E-state index in [1.807, 2.05) is 12.1 Å². The maximum Gasteiger partial charge on any atom is 0.146 e. The van der Waals surface area contributed by atoms with E-state index in [0.29, 0.717) is 5.69 Å². The zero-order chi connectivity index (χ0) is 15.4. The Morgan fingerprint density at radius 2 is 1.68 bits per heavy atom. The highest BCUT2D eigenvalue weighted by Gasteiger charge is 2.20. The second-order valence-corrected chi connectivity index (χ2v) is 7.16. The molecule has 2 fully saturated rings. The van der Waals surface area contributed by atoms with Crippen LogP contribution in [0.4, 0.5) is 10.1 Å². The molecule has 1 aromatic carbocycles. The van der Waals surface area contributed by atoms with Crippen LogP contribution < -0.4 is 10.6 Å². The molecular weight excluding hydrogens is 297 g/mol. The zero-order valence-corrected chi connectivity index (χ0v) is 13.7. The van der Waals surface area contributed by atoms with Gasteiger partial charge in [0.25, 0.3) is 0 Å². The Labute approximate surface area is 135 Å². The molecule has 120 valence electrons. The Bertz CT molecular complexity index is 579. The summed E-state index contributed by atoms with van der Waals surface area (Å²) in [6.45, 7) is 3.36. The van der Waals surface area contributed by atoms with Crippen LogP contribution in [0.5, 0.6) is 0 Å². The molecule has 0 radical (unpaired) electrons. The van der Waals surface area contributed by atoms with Gasteiger partial charge in [0, 0.05) is 26.2 Å². The molecule has 1 aliphatic heterocycles. The van der Waals surface area contributed by atoms with Crippen molar-refractivity contribution < 1.29 is 4.39 Å². The van der Waals surface area contributed by atoms with Crippen LogP contribution in [0.15, 0.2) is 24.3 Å². The topological polar surface area (TPSA) is 32.5 Å². The highest BCUT2D eigenvalue weighted by atomic mass is 32.1. The standard InChI is InChI=1S/C17H24FN3S/c18-15-8-4-5-9-16(15)20-10-12-21(13-11-20)17(19)22-14-6-2-1-3-7-14/h4-5,8-9H,1-3,6-7,10-13,19H2. The van der Waals surface area contributed by atoms with Crippen molar-refractivity contribution in [2.24, 2.45) is 5.73 Å². The SMILES string of the molecule is NC(=S=C1CCCCC1)N1CCN(c2ccccc2F)CC1. The number of benzene rings is 1. The van der Waals surface area contributed by atoms with Gasteiger partial charge < -0.3 is 4.90 Å². The molecule has 2 N–H and O–H groups in total. The van der Waals surface area contributed by atoms with E-state index in [1.165, 1.54) is 43.0 Å². The maximum absolute atomic E-state index is 13.8. The molecule has 1 aromatic rings. The van der Waals surface area contributed by atoms with Crippen LogP contribution in [-0.2, 0) is 0 Å². The highest BCUT2D eigenvalue weighted by molar-refractivity contribution is 7.98. The van der Waals surface area contributed by atoms with Crippen molar-refractivity contribution in [2.45, 2.75) is 32.1 Å². The number of nitrogens with zero attached hydrogens (tertiary/aromatic N) is 2. The second kappa shape index (κ2) is 7.40.